The predicted molar refractivity (Wildman–Crippen MR) is 64.2 cm³/mol. The molecule has 2 N–H and O–H groups in total. The van der Waals surface area contributed by atoms with Gasteiger partial charge < -0.3 is 10.4 Å². The molecule has 96 valence electrons. The molecule has 1 aliphatic rings. The molecule has 0 aromatic heterocycles. The molecule has 2 rings (SSSR count). The zero-order valence-corrected chi connectivity index (χ0v) is 9.70. The number of carbonyl (C=O) groups excluding carboxylic acids is 1. The Morgan fingerprint density at radius 2 is 2.00 bits per heavy atom. The second kappa shape index (κ2) is 5.14. The van der Waals surface area contributed by atoms with Crippen LogP contribution in [0.5, 0.6) is 0 Å². The maximum absolute atomic E-state index is 11.8. The molecule has 6 nitrogen and oxygen atoms in total. The third-order valence-electron chi connectivity index (χ3n) is 3.14. The smallest absolute Gasteiger partial charge is 0.269 e. The van der Waals surface area contributed by atoms with Crippen LogP contribution in [0.3, 0.4) is 0 Å². The van der Waals surface area contributed by atoms with Crippen LogP contribution in [-0.2, 0) is 0 Å². The number of benzene rings is 1. The molecule has 0 radical (unpaired) electrons. The van der Waals surface area contributed by atoms with Crippen molar-refractivity contribution in [2.75, 3.05) is 0 Å². The maximum atomic E-state index is 11.8. The van der Waals surface area contributed by atoms with Gasteiger partial charge >= 0.3 is 0 Å². The second-order valence-electron chi connectivity index (χ2n) is 4.38. The summed E-state index contributed by atoms with van der Waals surface area (Å²) in [6.07, 6.45) is 1.87. The molecular weight excluding hydrogens is 236 g/mol. The van der Waals surface area contributed by atoms with Crippen LogP contribution in [-0.4, -0.2) is 28.1 Å². The highest BCUT2D eigenvalue weighted by Gasteiger charge is 2.26. The van der Waals surface area contributed by atoms with E-state index in [1.807, 2.05) is 0 Å². The van der Waals surface area contributed by atoms with Crippen molar-refractivity contribution in [3.63, 3.8) is 0 Å². The van der Waals surface area contributed by atoms with Crippen LogP contribution in [0, 0.1) is 10.1 Å². The molecule has 0 saturated heterocycles. The van der Waals surface area contributed by atoms with Gasteiger partial charge in [0.2, 0.25) is 0 Å². The average Bonchev–Trinajstić information content (AvgIpc) is 2.75. The summed E-state index contributed by atoms with van der Waals surface area (Å²) < 4.78 is 0. The molecule has 0 unspecified atom stereocenters. The number of hydrogen-bond acceptors (Lipinski definition) is 4. The monoisotopic (exact) mass is 250 g/mol. The fourth-order valence-corrected chi connectivity index (χ4v) is 2.10. The molecule has 1 aromatic rings. The van der Waals surface area contributed by atoms with Crippen LogP contribution in [0.4, 0.5) is 5.69 Å². The lowest BCUT2D eigenvalue weighted by molar-refractivity contribution is -0.384. The van der Waals surface area contributed by atoms with E-state index in [9.17, 15) is 20.0 Å². The summed E-state index contributed by atoms with van der Waals surface area (Å²) >= 11 is 0. The number of nitro groups is 1. The van der Waals surface area contributed by atoms with Crippen LogP contribution in [0.25, 0.3) is 0 Å². The summed E-state index contributed by atoms with van der Waals surface area (Å²) in [5, 5.41) is 22.8. The molecule has 0 bridgehead atoms. The van der Waals surface area contributed by atoms with E-state index in [2.05, 4.69) is 5.32 Å². The summed E-state index contributed by atoms with van der Waals surface area (Å²) in [4.78, 5) is 21.8. The first-order valence-corrected chi connectivity index (χ1v) is 5.81. The van der Waals surface area contributed by atoms with Gasteiger partial charge in [-0.05, 0) is 31.4 Å². The van der Waals surface area contributed by atoms with Gasteiger partial charge in [0.05, 0.1) is 17.1 Å². The van der Waals surface area contributed by atoms with Crippen LogP contribution in [0.2, 0.25) is 0 Å². The molecule has 1 aliphatic carbocycles. The minimum absolute atomic E-state index is 0.0487. The molecule has 0 aliphatic heterocycles. The number of nitrogens with one attached hydrogen (secondary N) is 1. The van der Waals surface area contributed by atoms with Gasteiger partial charge in [0.1, 0.15) is 0 Å². The van der Waals surface area contributed by atoms with Crippen molar-refractivity contribution in [3.05, 3.63) is 39.9 Å². The van der Waals surface area contributed by atoms with Gasteiger partial charge in [0.25, 0.3) is 11.6 Å². The first kappa shape index (κ1) is 12.5. The van der Waals surface area contributed by atoms with Gasteiger partial charge in [-0.1, -0.05) is 0 Å². The van der Waals surface area contributed by atoms with Gasteiger partial charge in [-0.2, -0.15) is 0 Å². The molecule has 2 atom stereocenters. The van der Waals surface area contributed by atoms with Crippen LogP contribution >= 0.6 is 0 Å². The molecule has 18 heavy (non-hydrogen) atoms. The Kier molecular flexibility index (Phi) is 3.57. The van der Waals surface area contributed by atoms with E-state index in [0.29, 0.717) is 12.0 Å². The zero-order chi connectivity index (χ0) is 13.1. The number of nitro benzene ring substituents is 1. The summed E-state index contributed by atoms with van der Waals surface area (Å²) in [5.74, 6) is -0.309. The summed E-state index contributed by atoms with van der Waals surface area (Å²) in [6.45, 7) is 0. The molecule has 1 fully saturated rings. The molecular formula is C12H14N2O4. The van der Waals surface area contributed by atoms with Gasteiger partial charge in [-0.15, -0.1) is 0 Å². The number of rotatable bonds is 3. The number of non-ortho nitro benzene ring substituents is 1. The third kappa shape index (κ3) is 2.65. The first-order valence-electron chi connectivity index (χ1n) is 5.81. The highest BCUT2D eigenvalue weighted by molar-refractivity contribution is 5.94. The van der Waals surface area contributed by atoms with Crippen molar-refractivity contribution in [1.82, 2.24) is 5.32 Å². The minimum Gasteiger partial charge on any atom is -0.391 e. The lowest BCUT2D eigenvalue weighted by Crippen LogP contribution is -2.39. The molecule has 0 heterocycles. The topological polar surface area (TPSA) is 92.5 Å². The molecule has 0 spiro atoms. The van der Waals surface area contributed by atoms with Gasteiger partial charge in [0, 0.05) is 17.7 Å². The Morgan fingerprint density at radius 1 is 1.33 bits per heavy atom. The van der Waals surface area contributed by atoms with E-state index in [0.717, 1.165) is 12.8 Å². The Hall–Kier alpha value is -1.95. The Morgan fingerprint density at radius 3 is 2.50 bits per heavy atom. The molecule has 6 heteroatoms. The summed E-state index contributed by atoms with van der Waals surface area (Å²) in [5.41, 5.74) is 0.312. The lowest BCUT2D eigenvalue weighted by Gasteiger charge is -2.16. The number of nitrogens with zero attached hydrogens (tertiary/aromatic N) is 1. The second-order valence-corrected chi connectivity index (χ2v) is 4.38. The number of carbonyl (C=O) groups is 1. The van der Waals surface area contributed by atoms with E-state index in [-0.39, 0.29) is 17.6 Å². The summed E-state index contributed by atoms with van der Waals surface area (Å²) in [7, 11) is 0. The Labute approximate surface area is 104 Å². The highest BCUT2D eigenvalue weighted by Crippen LogP contribution is 2.19. The van der Waals surface area contributed by atoms with Gasteiger partial charge in [0.15, 0.2) is 0 Å². The van der Waals surface area contributed by atoms with Crippen LogP contribution in [0.15, 0.2) is 24.3 Å². The van der Waals surface area contributed by atoms with Crippen molar-refractivity contribution in [2.24, 2.45) is 0 Å². The highest BCUT2D eigenvalue weighted by atomic mass is 16.6. The van der Waals surface area contributed by atoms with E-state index >= 15 is 0 Å². The van der Waals surface area contributed by atoms with Crippen LogP contribution < -0.4 is 5.32 Å². The number of hydrogen-bond donors (Lipinski definition) is 2. The van der Waals surface area contributed by atoms with Crippen molar-refractivity contribution in [2.45, 2.75) is 31.4 Å². The van der Waals surface area contributed by atoms with Crippen LogP contribution in [0.1, 0.15) is 29.6 Å². The molecule has 1 aromatic carbocycles. The standard InChI is InChI=1S/C12H14N2O4/c15-11-3-1-2-10(11)13-12(16)8-4-6-9(7-5-8)14(17)18/h4-7,10-11,15H,1-3H2,(H,13,16)/t10-,11-/m0/s1. The molecule has 1 saturated carbocycles. The molecule has 1 amide bonds. The largest absolute Gasteiger partial charge is 0.391 e. The van der Waals surface area contributed by atoms with E-state index in [1.54, 1.807) is 0 Å². The van der Waals surface area contributed by atoms with Gasteiger partial charge in [-0.25, -0.2) is 0 Å². The Balaban J connectivity index is 2.02. The van der Waals surface area contributed by atoms with Crippen molar-refractivity contribution >= 4 is 11.6 Å². The lowest BCUT2D eigenvalue weighted by atomic mass is 10.1. The van der Waals surface area contributed by atoms with Gasteiger partial charge in [-0.3, -0.25) is 14.9 Å². The van der Waals surface area contributed by atoms with Crippen molar-refractivity contribution in [3.8, 4) is 0 Å². The van der Waals surface area contributed by atoms with Crippen molar-refractivity contribution < 1.29 is 14.8 Å². The fourth-order valence-electron chi connectivity index (χ4n) is 2.10. The first-order chi connectivity index (χ1) is 8.58. The predicted octanol–water partition coefficient (Wildman–Crippen LogP) is 1.24. The van der Waals surface area contributed by atoms with E-state index < -0.39 is 11.0 Å². The average molecular weight is 250 g/mol. The number of aliphatic hydroxyl groups is 1. The van der Waals surface area contributed by atoms with E-state index in [1.165, 1.54) is 24.3 Å². The third-order valence-corrected chi connectivity index (χ3v) is 3.14. The quantitative estimate of drug-likeness (QED) is 0.623. The van der Waals surface area contributed by atoms with Crippen molar-refractivity contribution in [1.29, 1.82) is 0 Å². The normalized spacial score (nSPS) is 22.7. The zero-order valence-electron chi connectivity index (χ0n) is 9.70. The summed E-state index contributed by atoms with van der Waals surface area (Å²) in [6, 6.07) is 5.19. The van der Waals surface area contributed by atoms with E-state index in [4.69, 9.17) is 0 Å². The maximum Gasteiger partial charge on any atom is 0.269 e. The fraction of sp³-hybridized carbons (Fsp3) is 0.417. The number of aliphatic hydroxyl groups excluding tert-OH is 1. The Bertz CT molecular complexity index is 458. The minimum atomic E-state index is -0.511. The number of amides is 1. The SMILES string of the molecule is O=C(N[C@H]1CCC[C@@H]1O)c1ccc([N+](=O)[O-])cc1.